The maximum atomic E-state index is 5.89. The molecule has 0 radical (unpaired) electrons. The largest absolute Gasteiger partial charge is 0.361 e. The summed E-state index contributed by atoms with van der Waals surface area (Å²) in [7, 11) is 0. The summed E-state index contributed by atoms with van der Waals surface area (Å²) in [4.78, 5) is 3.22. The van der Waals surface area contributed by atoms with E-state index in [0.29, 0.717) is 0 Å². The first-order chi connectivity index (χ1) is 7.84. The van der Waals surface area contributed by atoms with Crippen molar-refractivity contribution in [2.24, 2.45) is 0 Å². The molecule has 1 heterocycles. The molecular formula is C14H10ClN. The standard InChI is InChI=1S/C14H10ClN/c15-11-6-4-10(5-7-11)12-2-1-3-14-13(12)8-9-16-14/h1-9,16H. The lowest BCUT2D eigenvalue weighted by molar-refractivity contribution is 1.48. The maximum absolute atomic E-state index is 5.89. The lowest BCUT2D eigenvalue weighted by Crippen LogP contribution is -1.78. The molecule has 0 aliphatic rings. The molecule has 0 saturated heterocycles. The van der Waals surface area contributed by atoms with Crippen LogP contribution in [-0.4, -0.2) is 4.98 Å². The fourth-order valence-corrected chi connectivity index (χ4v) is 2.09. The van der Waals surface area contributed by atoms with Gasteiger partial charge in [0, 0.05) is 22.1 Å². The Kier molecular flexibility index (Phi) is 2.19. The van der Waals surface area contributed by atoms with Gasteiger partial charge < -0.3 is 4.98 Å². The van der Waals surface area contributed by atoms with E-state index in [1.165, 1.54) is 16.5 Å². The molecule has 0 fully saturated rings. The predicted molar refractivity (Wildman–Crippen MR) is 68.7 cm³/mol. The normalized spacial score (nSPS) is 10.8. The molecule has 0 spiro atoms. The summed E-state index contributed by atoms with van der Waals surface area (Å²) in [6.07, 6.45) is 1.96. The monoisotopic (exact) mass is 227 g/mol. The van der Waals surface area contributed by atoms with Gasteiger partial charge in [0.1, 0.15) is 0 Å². The topological polar surface area (TPSA) is 15.8 Å². The van der Waals surface area contributed by atoms with Crippen LogP contribution in [0.5, 0.6) is 0 Å². The minimum atomic E-state index is 0.769. The molecule has 16 heavy (non-hydrogen) atoms. The minimum absolute atomic E-state index is 0.769. The van der Waals surface area contributed by atoms with Gasteiger partial charge in [-0.25, -0.2) is 0 Å². The zero-order valence-corrected chi connectivity index (χ0v) is 9.33. The van der Waals surface area contributed by atoms with Gasteiger partial charge in [0.2, 0.25) is 0 Å². The van der Waals surface area contributed by atoms with Crippen molar-refractivity contribution in [1.29, 1.82) is 0 Å². The van der Waals surface area contributed by atoms with E-state index in [4.69, 9.17) is 11.6 Å². The smallest absolute Gasteiger partial charge is 0.0460 e. The van der Waals surface area contributed by atoms with Gasteiger partial charge in [-0.05, 0) is 35.4 Å². The second-order valence-electron chi connectivity index (χ2n) is 3.75. The average Bonchev–Trinajstić information content (AvgIpc) is 2.78. The van der Waals surface area contributed by atoms with Crippen molar-refractivity contribution in [1.82, 2.24) is 4.98 Å². The number of hydrogen-bond acceptors (Lipinski definition) is 0. The lowest BCUT2D eigenvalue weighted by Gasteiger charge is -2.03. The predicted octanol–water partition coefficient (Wildman–Crippen LogP) is 4.49. The second-order valence-corrected chi connectivity index (χ2v) is 4.19. The molecule has 0 atom stereocenters. The molecule has 2 aromatic carbocycles. The van der Waals surface area contributed by atoms with Crippen LogP contribution in [0.3, 0.4) is 0 Å². The van der Waals surface area contributed by atoms with Crippen molar-refractivity contribution >= 4 is 22.5 Å². The van der Waals surface area contributed by atoms with E-state index in [1.54, 1.807) is 0 Å². The molecule has 0 saturated carbocycles. The average molecular weight is 228 g/mol. The number of aromatic amines is 1. The third-order valence-electron chi connectivity index (χ3n) is 2.75. The second kappa shape index (κ2) is 3.69. The van der Waals surface area contributed by atoms with Crippen LogP contribution < -0.4 is 0 Å². The summed E-state index contributed by atoms with van der Waals surface area (Å²) in [6.45, 7) is 0. The highest BCUT2D eigenvalue weighted by Crippen LogP contribution is 2.28. The van der Waals surface area contributed by atoms with Crippen molar-refractivity contribution in [3.63, 3.8) is 0 Å². The van der Waals surface area contributed by atoms with Crippen LogP contribution in [0.25, 0.3) is 22.0 Å². The van der Waals surface area contributed by atoms with E-state index >= 15 is 0 Å². The third kappa shape index (κ3) is 1.50. The van der Waals surface area contributed by atoms with Crippen LogP contribution in [0, 0.1) is 0 Å². The Morgan fingerprint density at radius 2 is 1.69 bits per heavy atom. The Bertz CT molecular complexity index is 623. The summed E-state index contributed by atoms with van der Waals surface area (Å²) in [5.41, 5.74) is 3.58. The van der Waals surface area contributed by atoms with Crippen molar-refractivity contribution in [2.45, 2.75) is 0 Å². The van der Waals surface area contributed by atoms with E-state index in [9.17, 15) is 0 Å². The van der Waals surface area contributed by atoms with E-state index in [1.807, 2.05) is 30.5 Å². The van der Waals surface area contributed by atoms with Crippen LogP contribution in [-0.2, 0) is 0 Å². The van der Waals surface area contributed by atoms with Crippen LogP contribution >= 0.6 is 11.6 Å². The lowest BCUT2D eigenvalue weighted by atomic mass is 10.0. The molecule has 3 rings (SSSR count). The Morgan fingerprint density at radius 3 is 2.50 bits per heavy atom. The van der Waals surface area contributed by atoms with Crippen molar-refractivity contribution in [2.75, 3.05) is 0 Å². The van der Waals surface area contributed by atoms with Crippen molar-refractivity contribution < 1.29 is 0 Å². The van der Waals surface area contributed by atoms with Gasteiger partial charge in [-0.15, -0.1) is 0 Å². The first-order valence-electron chi connectivity index (χ1n) is 5.17. The number of benzene rings is 2. The molecule has 0 aliphatic carbocycles. The fraction of sp³-hybridized carbons (Fsp3) is 0. The van der Waals surface area contributed by atoms with Gasteiger partial charge in [-0.3, -0.25) is 0 Å². The molecule has 78 valence electrons. The number of fused-ring (bicyclic) bond motifs is 1. The molecular weight excluding hydrogens is 218 g/mol. The number of rotatable bonds is 1. The van der Waals surface area contributed by atoms with Gasteiger partial charge in [0.25, 0.3) is 0 Å². The highest BCUT2D eigenvalue weighted by molar-refractivity contribution is 6.30. The molecule has 1 N–H and O–H groups in total. The number of halogens is 1. The van der Waals surface area contributed by atoms with E-state index in [-0.39, 0.29) is 0 Å². The molecule has 0 aliphatic heterocycles. The van der Waals surface area contributed by atoms with Crippen molar-refractivity contribution in [3.05, 3.63) is 59.8 Å². The summed E-state index contributed by atoms with van der Waals surface area (Å²) < 4.78 is 0. The summed E-state index contributed by atoms with van der Waals surface area (Å²) in [5, 5.41) is 2.01. The van der Waals surface area contributed by atoms with E-state index < -0.39 is 0 Å². The number of nitrogens with one attached hydrogen (secondary N) is 1. The highest BCUT2D eigenvalue weighted by Gasteiger charge is 2.03. The SMILES string of the molecule is Clc1ccc(-c2cccc3[nH]ccc23)cc1. The molecule has 0 bridgehead atoms. The van der Waals surface area contributed by atoms with Crippen LogP contribution in [0.1, 0.15) is 0 Å². The van der Waals surface area contributed by atoms with Gasteiger partial charge in [0.05, 0.1) is 0 Å². The van der Waals surface area contributed by atoms with Crippen LogP contribution in [0.4, 0.5) is 0 Å². The number of aromatic nitrogens is 1. The summed E-state index contributed by atoms with van der Waals surface area (Å²) >= 11 is 5.89. The van der Waals surface area contributed by atoms with Gasteiger partial charge in [-0.2, -0.15) is 0 Å². The van der Waals surface area contributed by atoms with Gasteiger partial charge in [-0.1, -0.05) is 35.9 Å². The zero-order valence-electron chi connectivity index (χ0n) is 8.57. The van der Waals surface area contributed by atoms with Crippen LogP contribution in [0.15, 0.2) is 54.7 Å². The molecule has 2 heteroatoms. The van der Waals surface area contributed by atoms with Crippen molar-refractivity contribution in [3.8, 4) is 11.1 Å². The summed E-state index contributed by atoms with van der Waals surface area (Å²) in [5.74, 6) is 0. The number of hydrogen-bond donors (Lipinski definition) is 1. The third-order valence-corrected chi connectivity index (χ3v) is 3.00. The van der Waals surface area contributed by atoms with Gasteiger partial charge in [0.15, 0.2) is 0 Å². The Balaban J connectivity index is 2.25. The van der Waals surface area contributed by atoms with E-state index in [0.717, 1.165) is 10.5 Å². The first-order valence-corrected chi connectivity index (χ1v) is 5.54. The minimum Gasteiger partial charge on any atom is -0.361 e. The zero-order chi connectivity index (χ0) is 11.0. The molecule has 0 amide bonds. The molecule has 1 nitrogen and oxygen atoms in total. The van der Waals surface area contributed by atoms with E-state index in [2.05, 4.69) is 29.2 Å². The maximum Gasteiger partial charge on any atom is 0.0460 e. The first kappa shape index (κ1) is 9.49. The summed E-state index contributed by atoms with van der Waals surface area (Å²) in [6, 6.07) is 16.3. The Morgan fingerprint density at radius 1 is 0.875 bits per heavy atom. The van der Waals surface area contributed by atoms with Crippen LogP contribution in [0.2, 0.25) is 5.02 Å². The quantitative estimate of drug-likeness (QED) is 0.631. The fourth-order valence-electron chi connectivity index (χ4n) is 1.97. The van der Waals surface area contributed by atoms with Gasteiger partial charge >= 0.3 is 0 Å². The Hall–Kier alpha value is -1.73. The molecule has 3 aromatic rings. The molecule has 0 unspecified atom stereocenters. The molecule has 1 aromatic heterocycles. The Labute approximate surface area is 98.7 Å². The highest BCUT2D eigenvalue weighted by atomic mass is 35.5. The number of H-pyrrole nitrogens is 1.